The minimum atomic E-state index is -3.37. The Morgan fingerprint density at radius 3 is 2.31 bits per heavy atom. The van der Waals surface area contributed by atoms with E-state index in [1.54, 1.807) is 0 Å². The summed E-state index contributed by atoms with van der Waals surface area (Å²) < 4.78 is 21.3. The summed E-state index contributed by atoms with van der Waals surface area (Å²) >= 11 is 1.22. The molecule has 0 fully saturated rings. The molecule has 1 aromatic carbocycles. The molecular formula is C8H11NO2S2. The van der Waals surface area contributed by atoms with E-state index < -0.39 is 10.0 Å². The third-order valence-electron chi connectivity index (χ3n) is 1.41. The van der Waals surface area contributed by atoms with Crippen LogP contribution in [0.5, 0.6) is 0 Å². The average Bonchev–Trinajstić information content (AvgIpc) is 2.02. The molecule has 0 radical (unpaired) electrons. The Bertz CT molecular complexity index is 370. The molecule has 0 aliphatic rings. The second-order valence-electron chi connectivity index (χ2n) is 2.74. The zero-order valence-electron chi connectivity index (χ0n) is 7.23. The first kappa shape index (κ1) is 10.6. The van der Waals surface area contributed by atoms with Crippen molar-refractivity contribution in [2.45, 2.75) is 11.8 Å². The maximum atomic E-state index is 10.6. The van der Waals surface area contributed by atoms with Gasteiger partial charge in [-0.05, 0) is 19.1 Å². The summed E-state index contributed by atoms with van der Waals surface area (Å²) in [5.41, 5.74) is 1.15. The molecule has 0 saturated heterocycles. The van der Waals surface area contributed by atoms with Crippen LogP contribution in [0.4, 0.5) is 0 Å². The number of sulfonamides is 1. The van der Waals surface area contributed by atoms with Gasteiger partial charge in [-0.15, -0.1) is 11.8 Å². The van der Waals surface area contributed by atoms with Gasteiger partial charge in [0.1, 0.15) is 5.08 Å². The number of rotatable bonds is 3. The fourth-order valence-electron chi connectivity index (χ4n) is 0.785. The van der Waals surface area contributed by atoms with E-state index in [1.807, 2.05) is 31.2 Å². The number of primary sulfonamides is 1. The molecule has 3 nitrogen and oxygen atoms in total. The van der Waals surface area contributed by atoms with Gasteiger partial charge < -0.3 is 0 Å². The van der Waals surface area contributed by atoms with Crippen LogP contribution in [0.25, 0.3) is 0 Å². The van der Waals surface area contributed by atoms with Gasteiger partial charge in [-0.25, -0.2) is 13.6 Å². The maximum Gasteiger partial charge on any atom is 0.218 e. The predicted octanol–water partition coefficient (Wildman–Crippen LogP) is 1.33. The van der Waals surface area contributed by atoms with E-state index >= 15 is 0 Å². The topological polar surface area (TPSA) is 60.2 Å². The van der Waals surface area contributed by atoms with Gasteiger partial charge in [-0.1, -0.05) is 17.7 Å². The fourth-order valence-corrected chi connectivity index (χ4v) is 2.31. The second kappa shape index (κ2) is 4.13. The van der Waals surface area contributed by atoms with Crippen molar-refractivity contribution in [3.63, 3.8) is 0 Å². The standard InChI is InChI=1S/C8H11NO2S2/c1-7-2-4-8(5-3-7)12-6-13(9,10)11/h2-5H,6H2,1H3,(H2,9,10,11). The summed E-state index contributed by atoms with van der Waals surface area (Å²) in [5, 5.41) is 4.79. The van der Waals surface area contributed by atoms with E-state index in [9.17, 15) is 8.42 Å². The molecule has 1 rings (SSSR count). The predicted molar refractivity (Wildman–Crippen MR) is 55.0 cm³/mol. The van der Waals surface area contributed by atoms with Crippen LogP contribution in [0.3, 0.4) is 0 Å². The number of thioether (sulfide) groups is 1. The first-order chi connectivity index (χ1) is 5.97. The van der Waals surface area contributed by atoms with Crippen LogP contribution in [0.1, 0.15) is 5.56 Å². The summed E-state index contributed by atoms with van der Waals surface area (Å²) in [7, 11) is -3.37. The molecular weight excluding hydrogens is 206 g/mol. The molecule has 0 spiro atoms. The van der Waals surface area contributed by atoms with E-state index in [2.05, 4.69) is 0 Å². The maximum absolute atomic E-state index is 10.6. The Morgan fingerprint density at radius 1 is 1.31 bits per heavy atom. The van der Waals surface area contributed by atoms with E-state index in [-0.39, 0.29) is 5.08 Å². The Balaban J connectivity index is 2.61. The third kappa shape index (κ3) is 4.31. The first-order valence-electron chi connectivity index (χ1n) is 3.67. The second-order valence-corrected chi connectivity index (χ2v) is 5.77. The molecule has 0 amide bonds. The van der Waals surface area contributed by atoms with Crippen LogP contribution < -0.4 is 5.14 Å². The van der Waals surface area contributed by atoms with Crippen molar-refractivity contribution in [1.29, 1.82) is 0 Å². The lowest BCUT2D eigenvalue weighted by Crippen LogP contribution is -2.13. The van der Waals surface area contributed by atoms with E-state index in [1.165, 1.54) is 11.8 Å². The van der Waals surface area contributed by atoms with Crippen LogP contribution in [0.15, 0.2) is 29.2 Å². The number of benzene rings is 1. The normalized spacial score (nSPS) is 11.5. The molecule has 72 valence electrons. The van der Waals surface area contributed by atoms with Gasteiger partial charge in [-0.3, -0.25) is 0 Å². The SMILES string of the molecule is Cc1ccc(SCS(N)(=O)=O)cc1. The van der Waals surface area contributed by atoms with Crippen LogP contribution in [-0.4, -0.2) is 13.5 Å². The van der Waals surface area contributed by atoms with Gasteiger partial charge >= 0.3 is 0 Å². The molecule has 0 aliphatic heterocycles. The van der Waals surface area contributed by atoms with Crippen LogP contribution in [0.2, 0.25) is 0 Å². The first-order valence-corrected chi connectivity index (χ1v) is 6.37. The lowest BCUT2D eigenvalue weighted by Gasteiger charge is -1.99. The van der Waals surface area contributed by atoms with Crippen molar-refractivity contribution in [3.05, 3.63) is 29.8 Å². The van der Waals surface area contributed by atoms with Gasteiger partial charge in [0.05, 0.1) is 0 Å². The Labute approximate surface area is 82.4 Å². The highest BCUT2D eigenvalue weighted by Gasteiger charge is 2.03. The molecule has 0 aliphatic carbocycles. The monoisotopic (exact) mass is 217 g/mol. The zero-order valence-corrected chi connectivity index (χ0v) is 8.86. The molecule has 1 aromatic rings. The van der Waals surface area contributed by atoms with Crippen LogP contribution in [-0.2, 0) is 10.0 Å². The van der Waals surface area contributed by atoms with Crippen molar-refractivity contribution >= 4 is 21.8 Å². The largest absolute Gasteiger partial charge is 0.228 e. The molecule has 0 aromatic heterocycles. The zero-order chi connectivity index (χ0) is 9.90. The molecule has 0 bridgehead atoms. The molecule has 0 saturated carbocycles. The highest BCUT2D eigenvalue weighted by molar-refractivity contribution is 8.11. The van der Waals surface area contributed by atoms with Crippen LogP contribution >= 0.6 is 11.8 Å². The van der Waals surface area contributed by atoms with E-state index in [0.717, 1.165) is 10.5 Å². The Hall–Kier alpha value is -0.520. The summed E-state index contributed by atoms with van der Waals surface area (Å²) in [6.07, 6.45) is 0. The van der Waals surface area contributed by atoms with Crippen molar-refractivity contribution in [1.82, 2.24) is 0 Å². The average molecular weight is 217 g/mol. The summed E-state index contributed by atoms with van der Waals surface area (Å²) in [6.45, 7) is 1.98. The highest BCUT2D eigenvalue weighted by Crippen LogP contribution is 2.18. The molecule has 0 heterocycles. The van der Waals surface area contributed by atoms with E-state index in [0.29, 0.717) is 0 Å². The Kier molecular flexibility index (Phi) is 3.35. The smallest absolute Gasteiger partial charge is 0.218 e. The van der Waals surface area contributed by atoms with Crippen molar-refractivity contribution in [3.8, 4) is 0 Å². The lowest BCUT2D eigenvalue weighted by molar-refractivity contribution is 0.602. The van der Waals surface area contributed by atoms with Gasteiger partial charge in [0.15, 0.2) is 0 Å². The number of hydrogen-bond donors (Lipinski definition) is 1. The Morgan fingerprint density at radius 2 is 1.85 bits per heavy atom. The van der Waals surface area contributed by atoms with Crippen molar-refractivity contribution < 1.29 is 8.42 Å². The molecule has 0 atom stereocenters. The van der Waals surface area contributed by atoms with E-state index in [4.69, 9.17) is 5.14 Å². The van der Waals surface area contributed by atoms with Crippen molar-refractivity contribution in [2.24, 2.45) is 5.14 Å². The number of hydrogen-bond acceptors (Lipinski definition) is 3. The molecule has 2 N–H and O–H groups in total. The third-order valence-corrected chi connectivity index (χ3v) is 3.80. The summed E-state index contributed by atoms with van der Waals surface area (Å²) in [5.74, 6) is 0. The summed E-state index contributed by atoms with van der Waals surface area (Å²) in [6, 6.07) is 7.63. The minimum Gasteiger partial charge on any atom is -0.228 e. The fraction of sp³-hybridized carbons (Fsp3) is 0.250. The van der Waals surface area contributed by atoms with Crippen LogP contribution in [0, 0.1) is 6.92 Å². The lowest BCUT2D eigenvalue weighted by atomic mass is 10.2. The van der Waals surface area contributed by atoms with Gasteiger partial charge in [0.25, 0.3) is 0 Å². The minimum absolute atomic E-state index is 0.0734. The van der Waals surface area contributed by atoms with Gasteiger partial charge in [0, 0.05) is 4.90 Å². The molecule has 13 heavy (non-hydrogen) atoms. The molecule has 5 heteroatoms. The highest BCUT2D eigenvalue weighted by atomic mass is 32.3. The summed E-state index contributed by atoms with van der Waals surface area (Å²) in [4.78, 5) is 0.916. The van der Waals surface area contributed by atoms with Gasteiger partial charge in [-0.2, -0.15) is 0 Å². The quantitative estimate of drug-likeness (QED) is 0.777. The molecule has 0 unspecified atom stereocenters. The van der Waals surface area contributed by atoms with Gasteiger partial charge in [0.2, 0.25) is 10.0 Å². The number of nitrogens with two attached hydrogens (primary N) is 1. The van der Waals surface area contributed by atoms with Crippen molar-refractivity contribution in [2.75, 3.05) is 5.08 Å². The number of aryl methyl sites for hydroxylation is 1.